The molecule has 0 bridgehead atoms. The zero-order valence-electron chi connectivity index (χ0n) is 53.7. The van der Waals surface area contributed by atoms with E-state index in [2.05, 4.69) is 45.1 Å². The van der Waals surface area contributed by atoms with Crippen LogP contribution in [0.25, 0.3) is 0 Å². The summed E-state index contributed by atoms with van der Waals surface area (Å²) in [6.07, 6.45) is 83.7. The molecule has 0 fully saturated rings. The summed E-state index contributed by atoms with van der Waals surface area (Å²) in [6, 6.07) is 0. The number of allylic oxidation sites excluding steroid dienone is 4. The van der Waals surface area contributed by atoms with Crippen molar-refractivity contribution in [2.75, 3.05) is 13.2 Å². The Bertz CT molecular complexity index is 1270. The van der Waals surface area contributed by atoms with E-state index in [1.807, 2.05) is 0 Å². The fraction of sp³-hybridized carbons (Fsp3) is 0.904. The second-order valence-electron chi connectivity index (χ2n) is 24.5. The van der Waals surface area contributed by atoms with Gasteiger partial charge in [0.25, 0.3) is 0 Å². The van der Waals surface area contributed by atoms with E-state index in [0.717, 1.165) is 70.6 Å². The molecular weight excluding hydrogens is 973 g/mol. The summed E-state index contributed by atoms with van der Waals surface area (Å²) in [4.78, 5) is 38.3. The van der Waals surface area contributed by atoms with E-state index in [0.29, 0.717) is 19.3 Å². The fourth-order valence-corrected chi connectivity index (χ4v) is 11.0. The Morgan fingerprint density at radius 2 is 0.418 bits per heavy atom. The van der Waals surface area contributed by atoms with E-state index in [1.54, 1.807) is 0 Å². The summed E-state index contributed by atoms with van der Waals surface area (Å²) in [5.74, 6) is -0.862. The number of unbranched alkanes of at least 4 members (excludes halogenated alkanes) is 52. The van der Waals surface area contributed by atoms with Crippen molar-refractivity contribution in [3.8, 4) is 0 Å². The topological polar surface area (TPSA) is 78.9 Å². The van der Waals surface area contributed by atoms with E-state index < -0.39 is 6.10 Å². The fourth-order valence-electron chi connectivity index (χ4n) is 11.0. The van der Waals surface area contributed by atoms with Crippen LogP contribution in [-0.2, 0) is 28.6 Å². The number of carbonyl (C=O) groups is 3. The zero-order valence-corrected chi connectivity index (χ0v) is 53.7. The molecule has 0 aromatic heterocycles. The molecule has 466 valence electrons. The average molecular weight is 1110 g/mol. The monoisotopic (exact) mass is 1110 g/mol. The van der Waals surface area contributed by atoms with Crippen LogP contribution < -0.4 is 0 Å². The van der Waals surface area contributed by atoms with Gasteiger partial charge in [-0.05, 0) is 70.6 Å². The Balaban J connectivity index is 4.09. The van der Waals surface area contributed by atoms with Gasteiger partial charge in [0.2, 0.25) is 0 Å². The van der Waals surface area contributed by atoms with E-state index in [4.69, 9.17) is 14.2 Å². The van der Waals surface area contributed by atoms with Crippen LogP contribution in [0.4, 0.5) is 0 Å². The Morgan fingerprint density at radius 3 is 0.646 bits per heavy atom. The van der Waals surface area contributed by atoms with Gasteiger partial charge in [0.15, 0.2) is 6.10 Å². The third-order valence-corrected chi connectivity index (χ3v) is 16.4. The minimum absolute atomic E-state index is 0.0723. The maximum Gasteiger partial charge on any atom is 0.306 e. The average Bonchev–Trinajstić information content (AvgIpc) is 3.45. The minimum Gasteiger partial charge on any atom is -0.462 e. The SMILES string of the molecule is CCCCCC/C=C\CCCCCCCC(=O)OCC(COC(=O)CCCCCCCCCCCCCCCCCCCCCCCCCCCCCCCCCC)OC(=O)CCCCCCC/C=C\CCCCCCCCC. The first-order chi connectivity index (χ1) is 39.0. The van der Waals surface area contributed by atoms with Crippen molar-refractivity contribution in [3.63, 3.8) is 0 Å². The molecule has 0 spiro atoms. The van der Waals surface area contributed by atoms with Crippen molar-refractivity contribution >= 4 is 17.9 Å². The molecule has 1 atom stereocenters. The van der Waals surface area contributed by atoms with Crippen molar-refractivity contribution in [3.05, 3.63) is 24.3 Å². The lowest BCUT2D eigenvalue weighted by atomic mass is 10.0. The molecule has 0 aliphatic heterocycles. The van der Waals surface area contributed by atoms with Crippen LogP contribution in [0.5, 0.6) is 0 Å². The highest BCUT2D eigenvalue weighted by Gasteiger charge is 2.19. The first-order valence-electron chi connectivity index (χ1n) is 35.8. The quantitative estimate of drug-likeness (QED) is 0.0261. The number of hydrogen-bond donors (Lipinski definition) is 0. The molecule has 0 saturated carbocycles. The van der Waals surface area contributed by atoms with Gasteiger partial charge >= 0.3 is 17.9 Å². The third-order valence-electron chi connectivity index (χ3n) is 16.4. The molecule has 0 heterocycles. The standard InChI is InChI=1S/C73H138O6/c1-4-7-10-13-16-19-22-25-27-29-30-31-32-33-34-35-36-37-38-39-40-41-42-43-44-46-48-51-54-57-60-63-66-72(75)78-69-70(68-77-71(74)65-62-59-56-53-50-47-24-21-18-15-12-9-6-3)79-73(76)67-64-61-58-55-52-49-45-28-26-23-20-17-14-11-8-5-2/h21,24,28,45,70H,4-20,22-23,25-27,29-44,46-69H2,1-3H3/b24-21-,45-28-. The molecule has 0 radical (unpaired) electrons. The van der Waals surface area contributed by atoms with Crippen LogP contribution >= 0.6 is 0 Å². The molecule has 0 aliphatic rings. The van der Waals surface area contributed by atoms with Gasteiger partial charge in [-0.3, -0.25) is 14.4 Å². The maximum absolute atomic E-state index is 12.9. The minimum atomic E-state index is -0.777. The van der Waals surface area contributed by atoms with Gasteiger partial charge in [0.05, 0.1) is 0 Å². The summed E-state index contributed by atoms with van der Waals surface area (Å²) in [6.45, 7) is 6.68. The van der Waals surface area contributed by atoms with E-state index in [-0.39, 0.29) is 31.1 Å². The number of esters is 3. The largest absolute Gasteiger partial charge is 0.462 e. The van der Waals surface area contributed by atoms with Crippen molar-refractivity contribution in [1.29, 1.82) is 0 Å². The molecule has 1 unspecified atom stereocenters. The number of hydrogen-bond acceptors (Lipinski definition) is 6. The molecular formula is C73H138O6. The maximum atomic E-state index is 12.9. The lowest BCUT2D eigenvalue weighted by Crippen LogP contribution is -2.30. The molecule has 6 heteroatoms. The first kappa shape index (κ1) is 76.9. The van der Waals surface area contributed by atoms with Gasteiger partial charge in [-0.25, -0.2) is 0 Å². The van der Waals surface area contributed by atoms with E-state index in [1.165, 1.54) is 295 Å². The molecule has 0 rings (SSSR count). The van der Waals surface area contributed by atoms with Gasteiger partial charge in [0, 0.05) is 19.3 Å². The van der Waals surface area contributed by atoms with Crippen molar-refractivity contribution < 1.29 is 28.6 Å². The number of ether oxygens (including phenoxy) is 3. The Morgan fingerprint density at radius 1 is 0.241 bits per heavy atom. The third kappa shape index (κ3) is 66.6. The molecule has 0 aromatic carbocycles. The molecule has 0 aromatic rings. The van der Waals surface area contributed by atoms with E-state index >= 15 is 0 Å². The molecule has 79 heavy (non-hydrogen) atoms. The number of rotatable bonds is 67. The second kappa shape index (κ2) is 68.4. The molecule has 0 N–H and O–H groups in total. The smallest absolute Gasteiger partial charge is 0.306 e. The summed E-state index contributed by atoms with van der Waals surface area (Å²) in [7, 11) is 0. The lowest BCUT2D eigenvalue weighted by molar-refractivity contribution is -0.167. The Labute approximate surface area is 493 Å². The molecule has 0 amide bonds. The van der Waals surface area contributed by atoms with Crippen molar-refractivity contribution in [2.24, 2.45) is 0 Å². The van der Waals surface area contributed by atoms with Gasteiger partial charge in [-0.2, -0.15) is 0 Å². The molecule has 0 saturated heterocycles. The predicted octanol–water partition coefficient (Wildman–Crippen LogP) is 24.6. The van der Waals surface area contributed by atoms with Crippen molar-refractivity contribution in [1.82, 2.24) is 0 Å². The zero-order chi connectivity index (χ0) is 57.1. The highest BCUT2D eigenvalue weighted by atomic mass is 16.6. The van der Waals surface area contributed by atoms with Gasteiger partial charge in [0.1, 0.15) is 13.2 Å². The van der Waals surface area contributed by atoms with Gasteiger partial charge in [-0.1, -0.05) is 340 Å². The highest BCUT2D eigenvalue weighted by molar-refractivity contribution is 5.71. The van der Waals surface area contributed by atoms with Gasteiger partial charge < -0.3 is 14.2 Å². The first-order valence-corrected chi connectivity index (χ1v) is 35.8. The lowest BCUT2D eigenvalue weighted by Gasteiger charge is -2.18. The normalized spacial score (nSPS) is 12.1. The number of carbonyl (C=O) groups excluding carboxylic acids is 3. The van der Waals surface area contributed by atoms with Crippen LogP contribution in [0.1, 0.15) is 406 Å². The Hall–Kier alpha value is -2.11. The van der Waals surface area contributed by atoms with Crippen LogP contribution in [-0.4, -0.2) is 37.2 Å². The van der Waals surface area contributed by atoms with Crippen LogP contribution in [0.2, 0.25) is 0 Å². The summed E-state index contributed by atoms with van der Waals surface area (Å²) < 4.78 is 16.9. The van der Waals surface area contributed by atoms with Crippen LogP contribution in [0, 0.1) is 0 Å². The van der Waals surface area contributed by atoms with Crippen molar-refractivity contribution in [2.45, 2.75) is 412 Å². The highest BCUT2D eigenvalue weighted by Crippen LogP contribution is 2.19. The molecule has 6 nitrogen and oxygen atoms in total. The summed E-state index contributed by atoms with van der Waals surface area (Å²) in [5, 5.41) is 0. The summed E-state index contributed by atoms with van der Waals surface area (Å²) >= 11 is 0. The van der Waals surface area contributed by atoms with E-state index in [9.17, 15) is 14.4 Å². The predicted molar refractivity (Wildman–Crippen MR) is 344 cm³/mol. The second-order valence-corrected chi connectivity index (χ2v) is 24.5. The van der Waals surface area contributed by atoms with Gasteiger partial charge in [-0.15, -0.1) is 0 Å². The Kier molecular flexibility index (Phi) is 66.6. The van der Waals surface area contributed by atoms with Crippen LogP contribution in [0.3, 0.4) is 0 Å². The summed E-state index contributed by atoms with van der Waals surface area (Å²) in [5.41, 5.74) is 0. The van der Waals surface area contributed by atoms with Crippen LogP contribution in [0.15, 0.2) is 24.3 Å². The molecule has 0 aliphatic carbocycles.